The van der Waals surface area contributed by atoms with Crippen LogP contribution in [0.1, 0.15) is 37.7 Å². The number of likely N-dealkylation sites (tertiary alicyclic amines) is 2. The highest BCUT2D eigenvalue weighted by molar-refractivity contribution is 7.08. The van der Waals surface area contributed by atoms with Gasteiger partial charge in [0.15, 0.2) is 0 Å². The molecule has 0 saturated carbocycles. The van der Waals surface area contributed by atoms with Crippen LogP contribution in [0.5, 0.6) is 0 Å². The number of nitrogens with one attached hydrogen (secondary N) is 1. The molecule has 0 radical (unpaired) electrons. The highest BCUT2D eigenvalue weighted by Crippen LogP contribution is 2.40. The van der Waals surface area contributed by atoms with Crippen molar-refractivity contribution in [1.29, 1.82) is 0 Å². The quantitative estimate of drug-likeness (QED) is 0.868. The first-order valence-corrected chi connectivity index (χ1v) is 10.4. The number of carbonyl (C=O) groups is 3. The second-order valence-electron chi connectivity index (χ2n) is 7.69. The molecule has 140 valence electrons. The Morgan fingerprint density at radius 3 is 2.77 bits per heavy atom. The lowest BCUT2D eigenvalue weighted by Gasteiger charge is -2.50. The standard InChI is InChI=1S/C19H25N3O3S/c23-16-3-6-19(18(25)21-7-1-2-8-21)13-22(9-4-15(19)20-16)17(24)11-14-5-10-26-12-14/h5,10,12,15H,1-4,6-9,11,13H2,(H,20,23)/t15-,19+/m1/s1. The smallest absolute Gasteiger partial charge is 0.232 e. The number of amides is 3. The van der Waals surface area contributed by atoms with Crippen LogP contribution < -0.4 is 5.32 Å². The van der Waals surface area contributed by atoms with E-state index in [0.717, 1.165) is 31.5 Å². The van der Waals surface area contributed by atoms with E-state index in [9.17, 15) is 14.4 Å². The Kier molecular flexibility index (Phi) is 4.73. The second-order valence-corrected chi connectivity index (χ2v) is 8.47. The summed E-state index contributed by atoms with van der Waals surface area (Å²) in [5, 5.41) is 7.02. The Hall–Kier alpha value is -1.89. The van der Waals surface area contributed by atoms with E-state index in [2.05, 4.69) is 5.32 Å². The molecule has 26 heavy (non-hydrogen) atoms. The van der Waals surface area contributed by atoms with Gasteiger partial charge < -0.3 is 15.1 Å². The van der Waals surface area contributed by atoms with Crippen molar-refractivity contribution in [3.63, 3.8) is 0 Å². The molecule has 3 amide bonds. The molecule has 1 aromatic heterocycles. The Morgan fingerprint density at radius 1 is 1.23 bits per heavy atom. The van der Waals surface area contributed by atoms with E-state index >= 15 is 0 Å². The normalized spacial score (nSPS) is 28.6. The molecule has 3 aliphatic rings. The summed E-state index contributed by atoms with van der Waals surface area (Å²) in [6.45, 7) is 2.62. The minimum absolute atomic E-state index is 0.0258. The zero-order valence-corrected chi connectivity index (χ0v) is 15.7. The van der Waals surface area contributed by atoms with Crippen LogP contribution >= 0.6 is 11.3 Å². The lowest BCUT2D eigenvalue weighted by atomic mass is 9.69. The molecule has 0 unspecified atom stereocenters. The lowest BCUT2D eigenvalue weighted by molar-refractivity contribution is -0.155. The Bertz CT molecular complexity index is 699. The minimum Gasteiger partial charge on any atom is -0.352 e. The van der Waals surface area contributed by atoms with Gasteiger partial charge in [0.2, 0.25) is 17.7 Å². The monoisotopic (exact) mass is 375 g/mol. The van der Waals surface area contributed by atoms with Crippen molar-refractivity contribution >= 4 is 29.1 Å². The molecule has 0 bridgehead atoms. The number of hydrogen-bond acceptors (Lipinski definition) is 4. The van der Waals surface area contributed by atoms with Crippen LogP contribution in [0.3, 0.4) is 0 Å². The van der Waals surface area contributed by atoms with Crippen molar-refractivity contribution in [3.05, 3.63) is 22.4 Å². The SMILES string of the molecule is O=C1CC[C@]2(C(=O)N3CCCC3)CN(C(=O)Cc3ccsc3)CC[C@H]2N1. The number of nitrogens with zero attached hydrogens (tertiary/aromatic N) is 2. The van der Waals surface area contributed by atoms with Crippen LogP contribution in [0.15, 0.2) is 16.8 Å². The lowest BCUT2D eigenvalue weighted by Crippen LogP contribution is -2.67. The van der Waals surface area contributed by atoms with Gasteiger partial charge in [0.25, 0.3) is 0 Å². The number of rotatable bonds is 3. The van der Waals surface area contributed by atoms with E-state index in [-0.39, 0.29) is 23.8 Å². The van der Waals surface area contributed by atoms with E-state index < -0.39 is 5.41 Å². The van der Waals surface area contributed by atoms with Crippen LogP contribution in [-0.4, -0.2) is 59.7 Å². The minimum atomic E-state index is -0.652. The number of piperidine rings is 2. The molecule has 3 fully saturated rings. The van der Waals surface area contributed by atoms with Crippen molar-refractivity contribution in [1.82, 2.24) is 15.1 Å². The maximum Gasteiger partial charge on any atom is 0.232 e. The van der Waals surface area contributed by atoms with E-state index in [0.29, 0.717) is 38.8 Å². The second kappa shape index (κ2) is 7.02. The largest absolute Gasteiger partial charge is 0.352 e. The van der Waals surface area contributed by atoms with Gasteiger partial charge in [-0.05, 0) is 48.1 Å². The fourth-order valence-corrected chi connectivity index (χ4v) is 5.28. The zero-order chi connectivity index (χ0) is 18.1. The molecule has 4 heterocycles. The van der Waals surface area contributed by atoms with Gasteiger partial charge in [0, 0.05) is 38.6 Å². The van der Waals surface area contributed by atoms with Crippen molar-refractivity contribution in [2.24, 2.45) is 5.41 Å². The van der Waals surface area contributed by atoms with Crippen LogP contribution in [-0.2, 0) is 20.8 Å². The number of fused-ring (bicyclic) bond motifs is 1. The van der Waals surface area contributed by atoms with E-state index in [1.165, 1.54) is 0 Å². The molecule has 0 aromatic carbocycles. The average Bonchev–Trinajstić information content (AvgIpc) is 3.34. The summed E-state index contributed by atoms with van der Waals surface area (Å²) in [5.74, 6) is 0.235. The first-order valence-electron chi connectivity index (χ1n) is 9.46. The summed E-state index contributed by atoms with van der Waals surface area (Å²) in [7, 11) is 0. The highest BCUT2D eigenvalue weighted by Gasteiger charge is 2.54. The first-order chi connectivity index (χ1) is 12.6. The first kappa shape index (κ1) is 17.5. The fraction of sp³-hybridized carbons (Fsp3) is 0.632. The van der Waals surface area contributed by atoms with Gasteiger partial charge in [-0.15, -0.1) is 0 Å². The van der Waals surface area contributed by atoms with Crippen molar-refractivity contribution in [2.45, 2.75) is 44.6 Å². The molecule has 3 aliphatic heterocycles. The van der Waals surface area contributed by atoms with Crippen molar-refractivity contribution in [3.8, 4) is 0 Å². The zero-order valence-electron chi connectivity index (χ0n) is 14.9. The highest BCUT2D eigenvalue weighted by atomic mass is 32.1. The van der Waals surface area contributed by atoms with E-state index in [1.54, 1.807) is 11.3 Å². The summed E-state index contributed by atoms with van der Waals surface area (Å²) < 4.78 is 0. The predicted octanol–water partition coefficient (Wildman–Crippen LogP) is 1.41. The van der Waals surface area contributed by atoms with Gasteiger partial charge in [0.05, 0.1) is 11.8 Å². The van der Waals surface area contributed by atoms with Gasteiger partial charge >= 0.3 is 0 Å². The van der Waals surface area contributed by atoms with Crippen LogP contribution in [0.4, 0.5) is 0 Å². The maximum absolute atomic E-state index is 13.4. The predicted molar refractivity (Wildman–Crippen MR) is 98.6 cm³/mol. The molecule has 0 aliphatic carbocycles. The van der Waals surface area contributed by atoms with E-state index in [4.69, 9.17) is 0 Å². The summed E-state index contributed by atoms with van der Waals surface area (Å²) in [6, 6.07) is 1.82. The molecule has 1 aromatic rings. The topological polar surface area (TPSA) is 69.7 Å². The van der Waals surface area contributed by atoms with Gasteiger partial charge in [-0.2, -0.15) is 11.3 Å². The maximum atomic E-state index is 13.4. The molecule has 2 atom stereocenters. The average molecular weight is 375 g/mol. The van der Waals surface area contributed by atoms with Crippen LogP contribution in [0.25, 0.3) is 0 Å². The summed E-state index contributed by atoms with van der Waals surface area (Å²) in [5.41, 5.74) is 0.375. The van der Waals surface area contributed by atoms with Crippen LogP contribution in [0.2, 0.25) is 0 Å². The van der Waals surface area contributed by atoms with Crippen molar-refractivity contribution < 1.29 is 14.4 Å². The Balaban J connectivity index is 1.55. The molecule has 4 rings (SSSR count). The fourth-order valence-electron chi connectivity index (χ4n) is 4.61. The van der Waals surface area contributed by atoms with Crippen LogP contribution in [0, 0.1) is 5.41 Å². The molecule has 3 saturated heterocycles. The van der Waals surface area contributed by atoms with Gasteiger partial charge in [-0.25, -0.2) is 0 Å². The van der Waals surface area contributed by atoms with Gasteiger partial charge in [0.1, 0.15) is 0 Å². The van der Waals surface area contributed by atoms with Crippen molar-refractivity contribution in [2.75, 3.05) is 26.2 Å². The summed E-state index contributed by atoms with van der Waals surface area (Å²) in [4.78, 5) is 41.9. The molecule has 0 spiro atoms. The van der Waals surface area contributed by atoms with Gasteiger partial charge in [-0.1, -0.05) is 0 Å². The molecule has 1 N–H and O–H groups in total. The van der Waals surface area contributed by atoms with Gasteiger partial charge in [-0.3, -0.25) is 14.4 Å². The number of thiophene rings is 1. The third kappa shape index (κ3) is 3.13. The molecule has 7 heteroatoms. The third-order valence-corrected chi connectivity index (χ3v) is 6.80. The summed E-state index contributed by atoms with van der Waals surface area (Å²) in [6.07, 6.45) is 4.03. The Morgan fingerprint density at radius 2 is 2.04 bits per heavy atom. The number of hydrogen-bond donors (Lipinski definition) is 1. The number of carbonyl (C=O) groups excluding carboxylic acids is 3. The molecular formula is C19H25N3O3S. The third-order valence-electron chi connectivity index (χ3n) is 6.07. The molecule has 6 nitrogen and oxygen atoms in total. The Labute approximate surface area is 157 Å². The molecular weight excluding hydrogens is 350 g/mol. The summed E-state index contributed by atoms with van der Waals surface area (Å²) >= 11 is 1.59. The van der Waals surface area contributed by atoms with E-state index in [1.807, 2.05) is 26.6 Å².